The van der Waals surface area contributed by atoms with Gasteiger partial charge in [0.15, 0.2) is 0 Å². The van der Waals surface area contributed by atoms with Gasteiger partial charge in [-0.1, -0.05) is 36.4 Å². The summed E-state index contributed by atoms with van der Waals surface area (Å²) in [5, 5.41) is 9.27. The number of ether oxygens (including phenoxy) is 1. The third kappa shape index (κ3) is 6.16. The van der Waals surface area contributed by atoms with Crippen molar-refractivity contribution in [3.8, 4) is 5.75 Å². The number of allylic oxidation sites excluding steroid dienone is 1. The van der Waals surface area contributed by atoms with E-state index in [1.54, 1.807) is 13.2 Å². The molecular formula is C27H33FO3S. The zero-order valence-electron chi connectivity index (χ0n) is 18.6. The minimum atomic E-state index is -0.720. The first-order valence-electron chi connectivity index (χ1n) is 11.4. The van der Waals surface area contributed by atoms with Gasteiger partial charge in [0.2, 0.25) is 0 Å². The summed E-state index contributed by atoms with van der Waals surface area (Å²) in [5.74, 6) is 1.24. The lowest BCUT2D eigenvalue weighted by molar-refractivity contribution is -0.137. The minimum absolute atomic E-state index is 0. The van der Waals surface area contributed by atoms with Gasteiger partial charge in [-0.05, 0) is 97.1 Å². The molecule has 0 aromatic heterocycles. The van der Waals surface area contributed by atoms with Gasteiger partial charge < -0.3 is 9.84 Å². The molecule has 2 fully saturated rings. The van der Waals surface area contributed by atoms with Crippen LogP contribution < -0.4 is 4.74 Å². The Morgan fingerprint density at radius 2 is 1.88 bits per heavy atom. The van der Waals surface area contributed by atoms with Crippen LogP contribution >= 0.6 is 13.5 Å². The third-order valence-corrected chi connectivity index (χ3v) is 6.90. The molecule has 0 bridgehead atoms. The van der Waals surface area contributed by atoms with E-state index < -0.39 is 5.97 Å². The van der Waals surface area contributed by atoms with Crippen molar-refractivity contribution in [2.45, 2.75) is 56.8 Å². The van der Waals surface area contributed by atoms with Gasteiger partial charge in [0.05, 0.1) is 13.5 Å². The molecule has 172 valence electrons. The fraction of sp³-hybridized carbons (Fsp3) is 0.444. The third-order valence-electron chi connectivity index (χ3n) is 6.90. The number of halogens is 1. The van der Waals surface area contributed by atoms with Crippen molar-refractivity contribution in [1.82, 2.24) is 0 Å². The maximum Gasteiger partial charge on any atom is 0.303 e. The fourth-order valence-electron chi connectivity index (χ4n) is 4.97. The number of carboxylic acid groups (broad SMARTS) is 1. The van der Waals surface area contributed by atoms with Crippen molar-refractivity contribution >= 4 is 25.5 Å². The first kappa shape index (κ1) is 24.4. The standard InChI is InChI=1S/C27H31FO3.H2S/c1-31-23-13-14-26(28)25(16-23)21-9-7-18(8-10-21)5-6-19-3-2-4-22(15-19)24(17-27(29)30)20-11-12-20;/h2-6,13-16,18,20-21,24H,7-12,17H2,1H3,(H,29,30);1H2/b6-5+;/t18?,21?,24-;/m0./s1. The average molecular weight is 457 g/mol. The molecule has 1 atom stereocenters. The van der Waals surface area contributed by atoms with Crippen molar-refractivity contribution in [3.05, 3.63) is 71.0 Å². The van der Waals surface area contributed by atoms with E-state index in [1.165, 1.54) is 6.07 Å². The van der Waals surface area contributed by atoms with Gasteiger partial charge in [0.25, 0.3) is 0 Å². The monoisotopic (exact) mass is 456 g/mol. The number of carbonyl (C=O) groups is 1. The maximum absolute atomic E-state index is 14.3. The molecule has 0 amide bonds. The van der Waals surface area contributed by atoms with E-state index in [0.29, 0.717) is 17.6 Å². The fourth-order valence-corrected chi connectivity index (χ4v) is 4.97. The minimum Gasteiger partial charge on any atom is -0.497 e. The summed E-state index contributed by atoms with van der Waals surface area (Å²) in [5.41, 5.74) is 3.05. The molecule has 1 N–H and O–H groups in total. The second-order valence-corrected chi connectivity index (χ2v) is 9.07. The Hall–Kier alpha value is -2.27. The van der Waals surface area contributed by atoms with Gasteiger partial charge in [-0.3, -0.25) is 4.79 Å². The van der Waals surface area contributed by atoms with E-state index in [0.717, 1.165) is 55.2 Å². The smallest absolute Gasteiger partial charge is 0.303 e. The summed E-state index contributed by atoms with van der Waals surface area (Å²) >= 11 is 0. The van der Waals surface area contributed by atoms with Crippen molar-refractivity contribution < 1.29 is 19.0 Å². The Balaban J connectivity index is 0.00000289. The summed E-state index contributed by atoms with van der Waals surface area (Å²) in [7, 11) is 1.61. The first-order chi connectivity index (χ1) is 15.0. The highest BCUT2D eigenvalue weighted by Crippen LogP contribution is 2.45. The SMILES string of the molecule is COc1ccc(F)c(C2CCC(/C=C/c3cccc([C@@H](CC(=O)O)C4CC4)c3)CC2)c1.S. The van der Waals surface area contributed by atoms with E-state index in [2.05, 4.69) is 30.4 Å². The van der Waals surface area contributed by atoms with E-state index in [4.69, 9.17) is 4.74 Å². The molecule has 3 nitrogen and oxygen atoms in total. The van der Waals surface area contributed by atoms with Crippen LogP contribution in [0.15, 0.2) is 48.5 Å². The number of methoxy groups -OCH3 is 1. The lowest BCUT2D eigenvalue weighted by Crippen LogP contribution is -2.13. The number of rotatable bonds is 8. The molecule has 4 rings (SSSR count). The van der Waals surface area contributed by atoms with Crippen LogP contribution in [0.25, 0.3) is 6.08 Å². The van der Waals surface area contributed by atoms with Gasteiger partial charge in [-0.2, -0.15) is 13.5 Å². The molecule has 5 heteroatoms. The highest BCUT2D eigenvalue weighted by Gasteiger charge is 2.33. The van der Waals surface area contributed by atoms with Crippen LogP contribution in [0, 0.1) is 17.7 Å². The molecule has 2 aromatic rings. The molecule has 0 saturated heterocycles. The first-order valence-corrected chi connectivity index (χ1v) is 11.4. The lowest BCUT2D eigenvalue weighted by Gasteiger charge is -2.27. The van der Waals surface area contributed by atoms with Gasteiger partial charge >= 0.3 is 5.97 Å². The van der Waals surface area contributed by atoms with Crippen molar-refractivity contribution in [2.75, 3.05) is 7.11 Å². The highest BCUT2D eigenvalue weighted by molar-refractivity contribution is 7.59. The lowest BCUT2D eigenvalue weighted by atomic mass is 9.78. The average Bonchev–Trinajstić information content (AvgIpc) is 3.62. The zero-order chi connectivity index (χ0) is 21.8. The van der Waals surface area contributed by atoms with Crippen LogP contribution in [0.1, 0.15) is 73.5 Å². The Bertz CT molecular complexity index is 946. The van der Waals surface area contributed by atoms with Crippen LogP contribution in [0.3, 0.4) is 0 Å². The van der Waals surface area contributed by atoms with Crippen LogP contribution in [-0.4, -0.2) is 18.2 Å². The molecule has 0 heterocycles. The number of hydrogen-bond acceptors (Lipinski definition) is 2. The largest absolute Gasteiger partial charge is 0.497 e. The molecule has 0 unspecified atom stereocenters. The van der Waals surface area contributed by atoms with Gasteiger partial charge in [-0.25, -0.2) is 4.39 Å². The van der Waals surface area contributed by atoms with Crippen molar-refractivity contribution in [2.24, 2.45) is 11.8 Å². The molecular weight excluding hydrogens is 423 g/mol. The Morgan fingerprint density at radius 1 is 1.12 bits per heavy atom. The van der Waals surface area contributed by atoms with Gasteiger partial charge in [0, 0.05) is 0 Å². The van der Waals surface area contributed by atoms with Gasteiger partial charge in [-0.15, -0.1) is 0 Å². The van der Waals surface area contributed by atoms with E-state index in [1.807, 2.05) is 12.1 Å². The van der Waals surface area contributed by atoms with Crippen LogP contribution in [0.2, 0.25) is 0 Å². The molecule has 2 aliphatic carbocycles. The van der Waals surface area contributed by atoms with Gasteiger partial charge in [0.1, 0.15) is 11.6 Å². The number of aliphatic carboxylic acids is 1. The summed E-state index contributed by atoms with van der Waals surface area (Å²) in [4.78, 5) is 11.3. The second-order valence-electron chi connectivity index (χ2n) is 9.07. The molecule has 0 spiro atoms. The molecule has 2 saturated carbocycles. The van der Waals surface area contributed by atoms with E-state index in [-0.39, 0.29) is 37.6 Å². The molecule has 2 aliphatic rings. The van der Waals surface area contributed by atoms with Crippen LogP contribution in [-0.2, 0) is 4.79 Å². The summed E-state index contributed by atoms with van der Waals surface area (Å²) in [6.07, 6.45) is 11.0. The Labute approximate surface area is 197 Å². The zero-order valence-corrected chi connectivity index (χ0v) is 19.6. The maximum atomic E-state index is 14.3. The van der Waals surface area contributed by atoms with Crippen LogP contribution in [0.4, 0.5) is 4.39 Å². The number of carboxylic acids is 1. The quantitative estimate of drug-likeness (QED) is 0.470. The second kappa shape index (κ2) is 11.0. The normalized spacial score (nSPS) is 21.7. The predicted octanol–water partition coefficient (Wildman–Crippen LogP) is 6.90. The Kier molecular flexibility index (Phi) is 8.41. The molecule has 0 aliphatic heterocycles. The van der Waals surface area contributed by atoms with Crippen molar-refractivity contribution in [1.29, 1.82) is 0 Å². The molecule has 2 aromatic carbocycles. The van der Waals surface area contributed by atoms with E-state index >= 15 is 0 Å². The van der Waals surface area contributed by atoms with Crippen LogP contribution in [0.5, 0.6) is 5.75 Å². The number of hydrogen-bond donors (Lipinski definition) is 1. The predicted molar refractivity (Wildman–Crippen MR) is 131 cm³/mol. The summed E-state index contributed by atoms with van der Waals surface area (Å²) < 4.78 is 19.6. The number of benzene rings is 2. The molecule has 32 heavy (non-hydrogen) atoms. The summed E-state index contributed by atoms with van der Waals surface area (Å²) in [6.45, 7) is 0. The topological polar surface area (TPSA) is 46.5 Å². The van der Waals surface area contributed by atoms with E-state index in [9.17, 15) is 14.3 Å². The summed E-state index contributed by atoms with van der Waals surface area (Å²) in [6, 6.07) is 13.4. The Morgan fingerprint density at radius 3 is 2.53 bits per heavy atom. The molecule has 0 radical (unpaired) electrons. The highest BCUT2D eigenvalue weighted by atomic mass is 32.1. The van der Waals surface area contributed by atoms with Crippen molar-refractivity contribution in [3.63, 3.8) is 0 Å².